The maximum absolute atomic E-state index is 12.6. The standard InChI is InChI=1S/C21H21N3O4S/c25-20-10-9-16(29(27,28)22-13-14-5-2-1-3-6-14)12-18(20)21(26)24-23-19-11-15-7-4-8-17(15)19/h1-7,9-10,12,15,17,22,25H,8,11,13H2,(H,24,26)/b23-19-/t15-,17-/m0/s1. The van der Waals surface area contributed by atoms with E-state index in [-0.39, 0.29) is 22.8 Å². The molecule has 150 valence electrons. The molecule has 0 spiro atoms. The second kappa shape index (κ2) is 7.81. The van der Waals surface area contributed by atoms with Crippen molar-refractivity contribution in [1.29, 1.82) is 0 Å². The summed E-state index contributed by atoms with van der Waals surface area (Å²) < 4.78 is 27.7. The fourth-order valence-corrected chi connectivity index (χ4v) is 4.61. The molecule has 1 amide bonds. The molecule has 0 saturated heterocycles. The summed E-state index contributed by atoms with van der Waals surface area (Å²) in [5.74, 6) is -0.107. The molecular formula is C21H21N3O4S. The number of rotatable bonds is 6. The first-order valence-corrected chi connectivity index (χ1v) is 10.8. The molecule has 0 radical (unpaired) electrons. The van der Waals surface area contributed by atoms with E-state index >= 15 is 0 Å². The molecule has 3 N–H and O–H groups in total. The Morgan fingerprint density at radius 3 is 2.72 bits per heavy atom. The topological polar surface area (TPSA) is 108 Å². The fraction of sp³-hybridized carbons (Fsp3) is 0.238. The van der Waals surface area contributed by atoms with Crippen LogP contribution < -0.4 is 10.1 Å². The Kier molecular flexibility index (Phi) is 5.21. The summed E-state index contributed by atoms with van der Waals surface area (Å²) in [4.78, 5) is 12.3. The van der Waals surface area contributed by atoms with Gasteiger partial charge in [0.2, 0.25) is 10.0 Å². The molecule has 2 aliphatic carbocycles. The van der Waals surface area contributed by atoms with E-state index in [1.807, 2.05) is 30.3 Å². The number of carbonyl (C=O) groups is 1. The van der Waals surface area contributed by atoms with E-state index in [0.29, 0.717) is 11.8 Å². The Balaban J connectivity index is 1.46. The molecule has 1 fully saturated rings. The number of carbonyl (C=O) groups excluding carboxylic acids is 1. The normalized spacial score (nSPS) is 21.6. The van der Waals surface area contributed by atoms with Crippen LogP contribution in [0, 0.1) is 11.8 Å². The number of nitrogens with zero attached hydrogens (tertiary/aromatic N) is 1. The Morgan fingerprint density at radius 2 is 1.97 bits per heavy atom. The second-order valence-corrected chi connectivity index (χ2v) is 8.94. The van der Waals surface area contributed by atoms with E-state index in [0.717, 1.165) is 30.2 Å². The summed E-state index contributed by atoms with van der Waals surface area (Å²) in [5, 5.41) is 14.2. The van der Waals surface area contributed by atoms with Crippen molar-refractivity contribution >= 4 is 21.6 Å². The van der Waals surface area contributed by atoms with Crippen LogP contribution in [0.3, 0.4) is 0 Å². The first kappa shape index (κ1) is 19.4. The number of phenolic OH excluding ortho intramolecular Hbond substituents is 1. The predicted molar refractivity (Wildman–Crippen MR) is 109 cm³/mol. The molecule has 2 aliphatic rings. The van der Waals surface area contributed by atoms with E-state index in [1.165, 1.54) is 12.1 Å². The lowest BCUT2D eigenvalue weighted by Crippen LogP contribution is -2.35. The van der Waals surface area contributed by atoms with E-state index in [4.69, 9.17) is 0 Å². The molecule has 29 heavy (non-hydrogen) atoms. The lowest BCUT2D eigenvalue weighted by atomic mass is 9.74. The maximum atomic E-state index is 12.6. The third-order valence-electron chi connectivity index (χ3n) is 5.30. The molecule has 2 aromatic carbocycles. The van der Waals surface area contributed by atoms with E-state index in [1.54, 1.807) is 0 Å². The number of phenols is 1. The highest BCUT2D eigenvalue weighted by Crippen LogP contribution is 2.40. The molecule has 0 unspecified atom stereocenters. The second-order valence-electron chi connectivity index (χ2n) is 7.17. The zero-order chi connectivity index (χ0) is 20.4. The Labute approximate surface area is 169 Å². The van der Waals surface area contributed by atoms with Crippen LogP contribution in [0.4, 0.5) is 0 Å². The number of sulfonamides is 1. The number of amides is 1. The van der Waals surface area contributed by atoms with Gasteiger partial charge in [0.25, 0.3) is 5.91 Å². The van der Waals surface area contributed by atoms with Crippen LogP contribution in [0.25, 0.3) is 0 Å². The highest BCUT2D eigenvalue weighted by atomic mass is 32.2. The molecule has 0 heterocycles. The number of aromatic hydroxyl groups is 1. The zero-order valence-corrected chi connectivity index (χ0v) is 16.4. The summed E-state index contributed by atoms with van der Waals surface area (Å²) in [6.45, 7) is 0.121. The molecule has 4 rings (SSSR count). The van der Waals surface area contributed by atoms with Crippen molar-refractivity contribution in [2.75, 3.05) is 0 Å². The van der Waals surface area contributed by atoms with E-state index in [2.05, 4.69) is 27.4 Å². The number of hydrazone groups is 1. The molecule has 2 atom stereocenters. The van der Waals surface area contributed by atoms with Crippen molar-refractivity contribution in [2.45, 2.75) is 24.3 Å². The van der Waals surface area contributed by atoms with Crippen molar-refractivity contribution in [3.05, 3.63) is 71.8 Å². The molecule has 0 bridgehead atoms. The molecule has 2 aromatic rings. The minimum Gasteiger partial charge on any atom is -0.507 e. The minimum atomic E-state index is -3.85. The highest BCUT2D eigenvalue weighted by Gasteiger charge is 2.38. The number of benzene rings is 2. The molecular weight excluding hydrogens is 390 g/mol. The van der Waals surface area contributed by atoms with Gasteiger partial charge in [0.1, 0.15) is 5.75 Å². The number of nitrogens with one attached hydrogen (secondary N) is 2. The summed E-state index contributed by atoms with van der Waals surface area (Å²) in [7, 11) is -3.85. The number of hydrogen-bond acceptors (Lipinski definition) is 5. The van der Waals surface area contributed by atoms with Crippen LogP contribution in [0.1, 0.15) is 28.8 Å². The van der Waals surface area contributed by atoms with Crippen LogP contribution in [0.15, 0.2) is 70.7 Å². The molecule has 7 nitrogen and oxygen atoms in total. The predicted octanol–water partition coefficient (Wildman–Crippen LogP) is 2.55. The van der Waals surface area contributed by atoms with Crippen LogP contribution >= 0.6 is 0 Å². The average Bonchev–Trinajstić information content (AvgIpc) is 3.08. The number of fused-ring (bicyclic) bond motifs is 1. The lowest BCUT2D eigenvalue weighted by Gasteiger charge is -2.31. The lowest BCUT2D eigenvalue weighted by molar-refractivity contribution is 0.0951. The third kappa shape index (κ3) is 4.08. The number of hydrogen-bond donors (Lipinski definition) is 3. The largest absolute Gasteiger partial charge is 0.507 e. The van der Waals surface area contributed by atoms with Crippen molar-refractivity contribution in [3.63, 3.8) is 0 Å². The van der Waals surface area contributed by atoms with Gasteiger partial charge in [-0.1, -0.05) is 42.5 Å². The maximum Gasteiger partial charge on any atom is 0.275 e. The van der Waals surface area contributed by atoms with Gasteiger partial charge in [-0.05, 0) is 42.5 Å². The molecule has 0 aliphatic heterocycles. The van der Waals surface area contributed by atoms with Crippen LogP contribution in [-0.2, 0) is 16.6 Å². The van der Waals surface area contributed by atoms with Gasteiger partial charge in [0.15, 0.2) is 0 Å². The summed E-state index contributed by atoms with van der Waals surface area (Å²) in [5.41, 5.74) is 4.02. The van der Waals surface area contributed by atoms with Crippen molar-refractivity contribution in [2.24, 2.45) is 16.9 Å². The smallest absolute Gasteiger partial charge is 0.275 e. The Bertz CT molecular complexity index is 1090. The van der Waals surface area contributed by atoms with Crippen LogP contribution in [0.5, 0.6) is 5.75 Å². The van der Waals surface area contributed by atoms with E-state index in [9.17, 15) is 18.3 Å². The van der Waals surface area contributed by atoms with Gasteiger partial charge in [-0.3, -0.25) is 4.79 Å². The van der Waals surface area contributed by atoms with Gasteiger partial charge in [0, 0.05) is 18.2 Å². The molecule has 8 heteroatoms. The first-order chi connectivity index (χ1) is 13.9. The van der Waals surface area contributed by atoms with Gasteiger partial charge in [0.05, 0.1) is 10.5 Å². The van der Waals surface area contributed by atoms with Gasteiger partial charge < -0.3 is 5.11 Å². The zero-order valence-electron chi connectivity index (χ0n) is 15.6. The summed E-state index contributed by atoms with van der Waals surface area (Å²) >= 11 is 0. The van der Waals surface area contributed by atoms with Gasteiger partial charge in [-0.25, -0.2) is 18.6 Å². The fourth-order valence-electron chi connectivity index (χ4n) is 3.57. The SMILES string of the molecule is O=C(N/N=C1/C[C@@H]2C=CC[C@H]12)c1cc(S(=O)(=O)NCc2ccccc2)ccc1O. The minimum absolute atomic E-state index is 0.104. The quantitative estimate of drug-likeness (QED) is 0.501. The first-order valence-electron chi connectivity index (χ1n) is 9.34. The third-order valence-corrected chi connectivity index (χ3v) is 6.70. The average molecular weight is 411 g/mol. The van der Waals surface area contributed by atoms with Gasteiger partial charge in [-0.15, -0.1) is 0 Å². The van der Waals surface area contributed by atoms with Crippen molar-refractivity contribution in [3.8, 4) is 5.75 Å². The van der Waals surface area contributed by atoms with Gasteiger partial charge >= 0.3 is 0 Å². The highest BCUT2D eigenvalue weighted by molar-refractivity contribution is 7.89. The Hall–Kier alpha value is -2.97. The van der Waals surface area contributed by atoms with Crippen LogP contribution in [-0.4, -0.2) is 25.1 Å². The van der Waals surface area contributed by atoms with Crippen molar-refractivity contribution in [1.82, 2.24) is 10.1 Å². The molecule has 0 aromatic heterocycles. The van der Waals surface area contributed by atoms with Gasteiger partial charge in [-0.2, -0.15) is 5.10 Å². The van der Waals surface area contributed by atoms with Crippen LogP contribution in [0.2, 0.25) is 0 Å². The van der Waals surface area contributed by atoms with Crippen molar-refractivity contribution < 1.29 is 18.3 Å². The Morgan fingerprint density at radius 1 is 1.17 bits per heavy atom. The summed E-state index contributed by atoms with van der Waals surface area (Å²) in [6.07, 6.45) is 6.01. The summed E-state index contributed by atoms with van der Waals surface area (Å²) in [6, 6.07) is 12.7. The van der Waals surface area contributed by atoms with E-state index < -0.39 is 15.9 Å². The monoisotopic (exact) mass is 411 g/mol. The molecule has 1 saturated carbocycles. The number of allylic oxidation sites excluding steroid dienone is 2.